The van der Waals surface area contributed by atoms with Crippen molar-refractivity contribution >= 4 is 5.69 Å². The van der Waals surface area contributed by atoms with E-state index in [9.17, 15) is 10.1 Å². The van der Waals surface area contributed by atoms with Gasteiger partial charge in [0.05, 0.1) is 4.92 Å². The first-order valence-electron chi connectivity index (χ1n) is 4.09. The van der Waals surface area contributed by atoms with E-state index in [-0.39, 0.29) is 16.7 Å². The van der Waals surface area contributed by atoms with Gasteiger partial charge >= 0.3 is 0 Å². The Hall–Kier alpha value is -1.42. The fourth-order valence-corrected chi connectivity index (χ4v) is 1.21. The van der Waals surface area contributed by atoms with Gasteiger partial charge in [-0.2, -0.15) is 0 Å². The van der Waals surface area contributed by atoms with E-state index in [1.807, 2.05) is 6.92 Å². The second kappa shape index (κ2) is 4.00. The lowest BCUT2D eigenvalue weighted by Gasteiger charge is -2.04. The van der Waals surface area contributed by atoms with Crippen LogP contribution in [-0.2, 0) is 6.42 Å². The number of para-hydroxylation sites is 1. The van der Waals surface area contributed by atoms with Crippen molar-refractivity contribution in [3.8, 4) is 0 Å². The molecule has 2 N–H and O–H groups in total. The Bertz CT molecular complexity index is 310. The number of rotatable bonds is 3. The van der Waals surface area contributed by atoms with E-state index in [1.165, 1.54) is 6.07 Å². The molecular formula is C9H12N2O2. The second-order valence-electron chi connectivity index (χ2n) is 3.07. The minimum atomic E-state index is -0.377. The van der Waals surface area contributed by atoms with E-state index in [1.54, 1.807) is 18.2 Å². The second-order valence-corrected chi connectivity index (χ2v) is 3.07. The van der Waals surface area contributed by atoms with Gasteiger partial charge in [0, 0.05) is 17.7 Å². The van der Waals surface area contributed by atoms with Gasteiger partial charge in [-0.1, -0.05) is 18.2 Å². The topological polar surface area (TPSA) is 69.2 Å². The molecule has 1 aromatic carbocycles. The molecule has 1 rings (SSSR count). The Morgan fingerprint density at radius 2 is 2.15 bits per heavy atom. The van der Waals surface area contributed by atoms with Gasteiger partial charge in [-0.3, -0.25) is 10.1 Å². The van der Waals surface area contributed by atoms with Crippen LogP contribution in [0.5, 0.6) is 0 Å². The van der Waals surface area contributed by atoms with E-state index in [2.05, 4.69) is 0 Å². The van der Waals surface area contributed by atoms with E-state index in [0.717, 1.165) is 0 Å². The number of nitrogens with two attached hydrogens (primary N) is 1. The van der Waals surface area contributed by atoms with Gasteiger partial charge in [0.25, 0.3) is 5.69 Å². The quantitative estimate of drug-likeness (QED) is 0.565. The predicted octanol–water partition coefficient (Wildman–Crippen LogP) is 1.48. The number of hydrogen-bond acceptors (Lipinski definition) is 3. The van der Waals surface area contributed by atoms with E-state index in [4.69, 9.17) is 5.73 Å². The van der Waals surface area contributed by atoms with Crippen molar-refractivity contribution in [2.75, 3.05) is 0 Å². The van der Waals surface area contributed by atoms with Crippen LogP contribution in [0.25, 0.3) is 0 Å². The van der Waals surface area contributed by atoms with Crippen molar-refractivity contribution in [1.29, 1.82) is 0 Å². The Balaban J connectivity index is 2.98. The van der Waals surface area contributed by atoms with Gasteiger partial charge in [0.15, 0.2) is 0 Å². The summed E-state index contributed by atoms with van der Waals surface area (Å²) in [5.74, 6) is 0. The molecular weight excluding hydrogens is 168 g/mol. The van der Waals surface area contributed by atoms with Crippen LogP contribution < -0.4 is 5.73 Å². The lowest BCUT2D eigenvalue weighted by molar-refractivity contribution is -0.385. The van der Waals surface area contributed by atoms with Crippen LogP contribution in [0.3, 0.4) is 0 Å². The molecule has 0 aliphatic carbocycles. The lowest BCUT2D eigenvalue weighted by atomic mass is 10.1. The Labute approximate surface area is 76.5 Å². The van der Waals surface area contributed by atoms with Crippen molar-refractivity contribution in [1.82, 2.24) is 0 Å². The van der Waals surface area contributed by atoms with Gasteiger partial charge in [0.1, 0.15) is 0 Å². The molecule has 0 fully saturated rings. The Morgan fingerprint density at radius 1 is 1.54 bits per heavy atom. The molecule has 4 heteroatoms. The lowest BCUT2D eigenvalue weighted by Crippen LogP contribution is -2.18. The molecule has 0 unspecified atom stereocenters. The van der Waals surface area contributed by atoms with Gasteiger partial charge in [-0.05, 0) is 13.3 Å². The smallest absolute Gasteiger partial charge is 0.272 e. The molecule has 0 aliphatic heterocycles. The summed E-state index contributed by atoms with van der Waals surface area (Å²) in [4.78, 5) is 10.2. The number of benzene rings is 1. The molecule has 4 nitrogen and oxygen atoms in total. The monoisotopic (exact) mass is 180 g/mol. The molecule has 0 radical (unpaired) electrons. The predicted molar refractivity (Wildman–Crippen MR) is 50.4 cm³/mol. The highest BCUT2D eigenvalue weighted by Gasteiger charge is 2.12. The van der Waals surface area contributed by atoms with E-state index < -0.39 is 0 Å². The van der Waals surface area contributed by atoms with Crippen LogP contribution in [0.4, 0.5) is 5.69 Å². The number of hydrogen-bond donors (Lipinski definition) is 1. The molecule has 0 bridgehead atoms. The molecule has 0 saturated carbocycles. The fourth-order valence-electron chi connectivity index (χ4n) is 1.21. The number of nitrogens with zero attached hydrogens (tertiary/aromatic N) is 1. The standard InChI is InChI=1S/C9H12N2O2/c1-7(10)6-8-4-2-3-5-9(8)11(12)13/h2-5,7H,6,10H2,1H3/t7-/m0/s1. The summed E-state index contributed by atoms with van der Waals surface area (Å²) in [5, 5.41) is 10.6. The van der Waals surface area contributed by atoms with Crippen LogP contribution >= 0.6 is 0 Å². The zero-order valence-corrected chi connectivity index (χ0v) is 7.43. The van der Waals surface area contributed by atoms with Crippen LogP contribution in [0.2, 0.25) is 0 Å². The third-order valence-electron chi connectivity index (χ3n) is 1.73. The highest BCUT2D eigenvalue weighted by atomic mass is 16.6. The number of nitro benzene ring substituents is 1. The summed E-state index contributed by atoms with van der Waals surface area (Å²) in [6.45, 7) is 1.83. The summed E-state index contributed by atoms with van der Waals surface area (Å²) >= 11 is 0. The summed E-state index contributed by atoms with van der Waals surface area (Å²) < 4.78 is 0. The van der Waals surface area contributed by atoms with E-state index in [0.29, 0.717) is 12.0 Å². The third kappa shape index (κ3) is 2.52. The average molecular weight is 180 g/mol. The minimum Gasteiger partial charge on any atom is -0.328 e. The highest BCUT2D eigenvalue weighted by molar-refractivity contribution is 5.40. The number of nitro groups is 1. The molecule has 13 heavy (non-hydrogen) atoms. The molecule has 0 saturated heterocycles. The SMILES string of the molecule is C[C@H](N)Cc1ccccc1[N+](=O)[O-]. The maximum Gasteiger partial charge on any atom is 0.272 e. The molecule has 70 valence electrons. The van der Waals surface area contributed by atoms with Crippen LogP contribution in [-0.4, -0.2) is 11.0 Å². The normalized spacial score (nSPS) is 12.5. The summed E-state index contributed by atoms with van der Waals surface area (Å²) in [6.07, 6.45) is 0.539. The fraction of sp³-hybridized carbons (Fsp3) is 0.333. The van der Waals surface area contributed by atoms with Gasteiger partial charge < -0.3 is 5.73 Å². The van der Waals surface area contributed by atoms with Gasteiger partial charge in [0.2, 0.25) is 0 Å². The molecule has 0 spiro atoms. The van der Waals surface area contributed by atoms with Crippen LogP contribution in [0.15, 0.2) is 24.3 Å². The van der Waals surface area contributed by atoms with Gasteiger partial charge in [-0.15, -0.1) is 0 Å². The summed E-state index contributed by atoms with van der Waals surface area (Å²) in [6, 6.07) is 6.62. The summed E-state index contributed by atoms with van der Waals surface area (Å²) in [5.41, 5.74) is 6.42. The summed E-state index contributed by atoms with van der Waals surface area (Å²) in [7, 11) is 0. The molecule has 0 aromatic heterocycles. The molecule has 1 atom stereocenters. The van der Waals surface area contributed by atoms with Crippen molar-refractivity contribution in [2.24, 2.45) is 5.73 Å². The largest absolute Gasteiger partial charge is 0.328 e. The van der Waals surface area contributed by atoms with Crippen LogP contribution in [0, 0.1) is 10.1 Å². The Morgan fingerprint density at radius 3 is 2.69 bits per heavy atom. The van der Waals surface area contributed by atoms with Crippen molar-refractivity contribution < 1.29 is 4.92 Å². The van der Waals surface area contributed by atoms with E-state index >= 15 is 0 Å². The average Bonchev–Trinajstić information content (AvgIpc) is 2.03. The Kier molecular flexibility index (Phi) is 2.97. The van der Waals surface area contributed by atoms with Crippen LogP contribution in [0.1, 0.15) is 12.5 Å². The first kappa shape index (κ1) is 9.67. The van der Waals surface area contributed by atoms with Crippen molar-refractivity contribution in [2.45, 2.75) is 19.4 Å². The third-order valence-corrected chi connectivity index (χ3v) is 1.73. The minimum absolute atomic E-state index is 0.0545. The van der Waals surface area contributed by atoms with Crippen molar-refractivity contribution in [3.63, 3.8) is 0 Å². The molecule has 0 aliphatic rings. The van der Waals surface area contributed by atoms with Crippen molar-refractivity contribution in [3.05, 3.63) is 39.9 Å². The van der Waals surface area contributed by atoms with Gasteiger partial charge in [-0.25, -0.2) is 0 Å². The molecule has 0 amide bonds. The maximum atomic E-state index is 10.6. The maximum absolute atomic E-state index is 10.6. The zero-order chi connectivity index (χ0) is 9.84. The first-order valence-corrected chi connectivity index (χ1v) is 4.09. The molecule has 0 heterocycles. The molecule has 1 aromatic rings. The zero-order valence-electron chi connectivity index (χ0n) is 7.43. The highest BCUT2D eigenvalue weighted by Crippen LogP contribution is 2.18. The first-order chi connectivity index (χ1) is 6.11.